The Morgan fingerprint density at radius 3 is 2.37 bits per heavy atom. The van der Waals surface area contributed by atoms with Crippen LogP contribution in [-0.4, -0.2) is 11.6 Å². The first-order valence-corrected chi connectivity index (χ1v) is 7.15. The van der Waals surface area contributed by atoms with Crippen LogP contribution in [0, 0.1) is 23.7 Å². The molecule has 1 aromatic rings. The molecular weight excluding hydrogens is 236 g/mol. The zero-order valence-electron chi connectivity index (χ0n) is 11.9. The summed E-state index contributed by atoms with van der Waals surface area (Å²) in [7, 11) is 0. The molecule has 102 valence electrons. The maximum Gasteiger partial charge on any atom is 0.173 e. The molecule has 2 rings (SSSR count). The summed E-state index contributed by atoms with van der Waals surface area (Å²) >= 11 is 0. The van der Waals surface area contributed by atoms with Gasteiger partial charge in [-0.2, -0.15) is 0 Å². The number of hydrogen-bond acceptors (Lipinski definition) is 2. The molecule has 0 N–H and O–H groups in total. The number of Topliss-reactive ketones (excluding diaryl/α,β-unsaturated/α-hetero) is 2. The normalized spacial score (nSPS) is 27.6. The van der Waals surface area contributed by atoms with Crippen molar-refractivity contribution in [2.45, 2.75) is 33.6 Å². The first-order valence-electron chi connectivity index (χ1n) is 7.15. The second kappa shape index (κ2) is 5.68. The minimum Gasteiger partial charge on any atom is -0.299 e. The van der Waals surface area contributed by atoms with E-state index in [1.165, 1.54) is 0 Å². The van der Waals surface area contributed by atoms with E-state index < -0.39 is 5.92 Å². The molecule has 0 aromatic heterocycles. The molecule has 2 nitrogen and oxygen atoms in total. The molecule has 1 aromatic carbocycles. The van der Waals surface area contributed by atoms with Gasteiger partial charge in [-0.05, 0) is 24.7 Å². The number of rotatable bonds is 3. The zero-order chi connectivity index (χ0) is 14.0. The Morgan fingerprint density at radius 1 is 1.16 bits per heavy atom. The number of ketones is 2. The quantitative estimate of drug-likeness (QED) is 0.611. The Kier molecular flexibility index (Phi) is 4.18. The van der Waals surface area contributed by atoms with Crippen molar-refractivity contribution in [1.82, 2.24) is 0 Å². The predicted octanol–water partition coefficient (Wildman–Crippen LogP) is 3.76. The standard InChI is InChI=1S/C17H22O2/c1-11(2)14-10-9-12(3)15(17(14)19)16(18)13-7-5-4-6-8-13/h4-8,11-12,14-15H,9-10H2,1-3H3/t12-,14-,15-/m1/s1. The third-order valence-corrected chi connectivity index (χ3v) is 4.32. The van der Waals surface area contributed by atoms with Gasteiger partial charge in [0.25, 0.3) is 0 Å². The van der Waals surface area contributed by atoms with Crippen LogP contribution in [0.4, 0.5) is 0 Å². The Balaban J connectivity index is 2.26. The van der Waals surface area contributed by atoms with Gasteiger partial charge in [0.15, 0.2) is 5.78 Å². The molecule has 0 aliphatic heterocycles. The molecule has 0 radical (unpaired) electrons. The van der Waals surface area contributed by atoms with Gasteiger partial charge in [0.2, 0.25) is 0 Å². The summed E-state index contributed by atoms with van der Waals surface area (Å²) in [6.45, 7) is 6.17. The Morgan fingerprint density at radius 2 is 1.79 bits per heavy atom. The highest BCUT2D eigenvalue weighted by Crippen LogP contribution is 2.36. The van der Waals surface area contributed by atoms with E-state index in [0.717, 1.165) is 12.8 Å². The number of benzene rings is 1. The van der Waals surface area contributed by atoms with Gasteiger partial charge in [0, 0.05) is 11.5 Å². The number of carbonyl (C=O) groups is 2. The van der Waals surface area contributed by atoms with Crippen molar-refractivity contribution < 1.29 is 9.59 Å². The fourth-order valence-electron chi connectivity index (χ4n) is 3.09. The van der Waals surface area contributed by atoms with Crippen molar-refractivity contribution >= 4 is 11.6 Å². The summed E-state index contributed by atoms with van der Waals surface area (Å²) in [6, 6.07) is 9.21. The van der Waals surface area contributed by atoms with Gasteiger partial charge in [-0.1, -0.05) is 51.1 Å². The molecule has 1 saturated carbocycles. The van der Waals surface area contributed by atoms with Crippen LogP contribution in [-0.2, 0) is 4.79 Å². The van der Waals surface area contributed by atoms with Crippen LogP contribution in [0.1, 0.15) is 44.0 Å². The van der Waals surface area contributed by atoms with Gasteiger partial charge in [-0.25, -0.2) is 0 Å². The molecule has 0 amide bonds. The van der Waals surface area contributed by atoms with Crippen molar-refractivity contribution in [1.29, 1.82) is 0 Å². The summed E-state index contributed by atoms with van der Waals surface area (Å²) < 4.78 is 0. The topological polar surface area (TPSA) is 34.1 Å². The van der Waals surface area contributed by atoms with Crippen LogP contribution in [0.5, 0.6) is 0 Å². The van der Waals surface area contributed by atoms with Crippen LogP contribution in [0.2, 0.25) is 0 Å². The third-order valence-electron chi connectivity index (χ3n) is 4.32. The van der Waals surface area contributed by atoms with Gasteiger partial charge in [-0.15, -0.1) is 0 Å². The van der Waals surface area contributed by atoms with E-state index in [9.17, 15) is 9.59 Å². The van der Waals surface area contributed by atoms with Crippen LogP contribution < -0.4 is 0 Å². The van der Waals surface area contributed by atoms with Crippen molar-refractivity contribution in [3.63, 3.8) is 0 Å². The minimum atomic E-state index is -0.441. The summed E-state index contributed by atoms with van der Waals surface area (Å²) in [5, 5.41) is 0. The van der Waals surface area contributed by atoms with E-state index >= 15 is 0 Å². The smallest absolute Gasteiger partial charge is 0.173 e. The second-order valence-corrected chi connectivity index (χ2v) is 6.02. The highest BCUT2D eigenvalue weighted by atomic mass is 16.2. The van der Waals surface area contributed by atoms with Gasteiger partial charge in [0.05, 0.1) is 5.92 Å². The molecule has 1 fully saturated rings. The monoisotopic (exact) mass is 258 g/mol. The van der Waals surface area contributed by atoms with E-state index in [-0.39, 0.29) is 23.4 Å². The van der Waals surface area contributed by atoms with Crippen molar-refractivity contribution in [2.24, 2.45) is 23.7 Å². The second-order valence-electron chi connectivity index (χ2n) is 6.02. The van der Waals surface area contributed by atoms with Crippen LogP contribution in [0.3, 0.4) is 0 Å². The maximum absolute atomic E-state index is 12.6. The van der Waals surface area contributed by atoms with E-state index in [4.69, 9.17) is 0 Å². The fraction of sp³-hybridized carbons (Fsp3) is 0.529. The number of carbonyl (C=O) groups excluding carboxylic acids is 2. The lowest BCUT2D eigenvalue weighted by atomic mass is 9.68. The van der Waals surface area contributed by atoms with E-state index in [0.29, 0.717) is 11.5 Å². The van der Waals surface area contributed by atoms with Crippen molar-refractivity contribution in [3.8, 4) is 0 Å². The SMILES string of the molecule is CC(C)[C@H]1CC[C@@H](C)[C@H](C(=O)c2ccccc2)C1=O. The van der Waals surface area contributed by atoms with Gasteiger partial charge < -0.3 is 0 Å². The minimum absolute atomic E-state index is 0.00319. The largest absolute Gasteiger partial charge is 0.299 e. The average molecular weight is 258 g/mol. The zero-order valence-corrected chi connectivity index (χ0v) is 11.9. The summed E-state index contributed by atoms with van der Waals surface area (Å²) in [5.41, 5.74) is 0.664. The molecule has 0 spiro atoms. The molecular formula is C17H22O2. The van der Waals surface area contributed by atoms with Crippen LogP contribution in [0.15, 0.2) is 30.3 Å². The predicted molar refractivity (Wildman–Crippen MR) is 76.0 cm³/mol. The first-order chi connectivity index (χ1) is 9.02. The maximum atomic E-state index is 12.6. The van der Waals surface area contributed by atoms with E-state index in [1.807, 2.05) is 25.1 Å². The Hall–Kier alpha value is -1.44. The van der Waals surface area contributed by atoms with Gasteiger partial charge in [0.1, 0.15) is 5.78 Å². The molecule has 19 heavy (non-hydrogen) atoms. The molecule has 0 bridgehead atoms. The highest BCUT2D eigenvalue weighted by Gasteiger charge is 2.41. The summed E-state index contributed by atoms with van der Waals surface area (Å²) in [5.74, 6) is 0.254. The first kappa shape index (κ1) is 14.0. The van der Waals surface area contributed by atoms with E-state index in [1.54, 1.807) is 12.1 Å². The van der Waals surface area contributed by atoms with Crippen LogP contribution in [0.25, 0.3) is 0 Å². The fourth-order valence-corrected chi connectivity index (χ4v) is 3.09. The third kappa shape index (κ3) is 2.78. The van der Waals surface area contributed by atoms with Gasteiger partial charge in [-0.3, -0.25) is 9.59 Å². The Labute approximate surface area is 115 Å². The Bertz CT molecular complexity index is 461. The van der Waals surface area contributed by atoms with Gasteiger partial charge >= 0.3 is 0 Å². The van der Waals surface area contributed by atoms with Crippen molar-refractivity contribution in [2.75, 3.05) is 0 Å². The highest BCUT2D eigenvalue weighted by molar-refractivity contribution is 6.11. The molecule has 1 aliphatic rings. The lowest BCUT2D eigenvalue weighted by Gasteiger charge is -2.34. The molecule has 1 aliphatic carbocycles. The summed E-state index contributed by atoms with van der Waals surface area (Å²) in [6.07, 6.45) is 1.90. The molecule has 3 atom stereocenters. The molecule has 0 saturated heterocycles. The lowest BCUT2D eigenvalue weighted by Crippen LogP contribution is -2.40. The number of hydrogen-bond donors (Lipinski definition) is 0. The molecule has 0 heterocycles. The molecule has 0 unspecified atom stereocenters. The van der Waals surface area contributed by atoms with E-state index in [2.05, 4.69) is 13.8 Å². The average Bonchev–Trinajstić information content (AvgIpc) is 2.39. The molecule has 2 heteroatoms. The summed E-state index contributed by atoms with van der Waals surface area (Å²) in [4.78, 5) is 25.1. The van der Waals surface area contributed by atoms with Crippen molar-refractivity contribution in [3.05, 3.63) is 35.9 Å². The van der Waals surface area contributed by atoms with Crippen LogP contribution >= 0.6 is 0 Å². The lowest BCUT2D eigenvalue weighted by molar-refractivity contribution is -0.130.